The maximum Gasteiger partial charge on any atom is 0.339 e. The minimum atomic E-state index is -0.545. The van der Waals surface area contributed by atoms with Gasteiger partial charge in [-0.25, -0.2) is 4.79 Å². The first-order chi connectivity index (χ1) is 14.1. The van der Waals surface area contributed by atoms with Crippen molar-refractivity contribution in [3.8, 4) is 6.07 Å². The van der Waals surface area contributed by atoms with Gasteiger partial charge in [0.1, 0.15) is 11.1 Å². The van der Waals surface area contributed by atoms with Crippen LogP contribution in [-0.4, -0.2) is 18.5 Å². The van der Waals surface area contributed by atoms with Gasteiger partial charge in [0, 0.05) is 4.88 Å². The second-order valence-corrected chi connectivity index (χ2v) is 8.42. The molecule has 1 heterocycles. The molecule has 5 nitrogen and oxygen atoms in total. The Kier molecular flexibility index (Phi) is 5.32. The van der Waals surface area contributed by atoms with Crippen LogP contribution in [0.2, 0.25) is 0 Å². The van der Waals surface area contributed by atoms with Crippen molar-refractivity contribution in [2.24, 2.45) is 5.92 Å². The molecule has 0 saturated carbocycles. The standard InChI is InChI=1S/C23H20N2O3S/c1-14-9-10-17-19(12-24)22(29-20(17)11-14)25-21(26)13-28-23(27)18-8-4-6-15-5-2-3-7-16(15)18/h2-8,14H,9-11,13H2,1H3,(H,25,26)/t14-/m1/s1. The largest absolute Gasteiger partial charge is 0.452 e. The molecule has 0 unspecified atom stereocenters. The van der Waals surface area contributed by atoms with Gasteiger partial charge >= 0.3 is 5.97 Å². The van der Waals surface area contributed by atoms with E-state index in [4.69, 9.17) is 4.74 Å². The summed E-state index contributed by atoms with van der Waals surface area (Å²) in [6, 6.07) is 15.1. The molecule has 0 saturated heterocycles. The van der Waals surface area contributed by atoms with Crippen molar-refractivity contribution in [1.29, 1.82) is 5.26 Å². The number of carbonyl (C=O) groups excluding carboxylic acids is 2. The number of nitrogens with one attached hydrogen (secondary N) is 1. The molecule has 29 heavy (non-hydrogen) atoms. The summed E-state index contributed by atoms with van der Waals surface area (Å²) in [5, 5.41) is 14.6. The Morgan fingerprint density at radius 2 is 2.03 bits per heavy atom. The van der Waals surface area contributed by atoms with Crippen LogP contribution in [0.3, 0.4) is 0 Å². The van der Waals surface area contributed by atoms with Crippen LogP contribution in [0.25, 0.3) is 10.8 Å². The quantitative estimate of drug-likeness (QED) is 0.640. The Hall–Kier alpha value is -3.17. The molecule has 0 fully saturated rings. The lowest BCUT2D eigenvalue weighted by Crippen LogP contribution is -2.21. The average molecular weight is 404 g/mol. The Morgan fingerprint density at radius 3 is 2.86 bits per heavy atom. The number of benzene rings is 2. The van der Waals surface area contributed by atoms with Crippen molar-refractivity contribution in [2.75, 3.05) is 11.9 Å². The number of carbonyl (C=O) groups is 2. The third-order valence-corrected chi connectivity index (χ3v) is 6.39. The van der Waals surface area contributed by atoms with Gasteiger partial charge in [-0.05, 0) is 47.6 Å². The molecule has 0 aliphatic heterocycles. The highest BCUT2D eigenvalue weighted by Gasteiger charge is 2.25. The van der Waals surface area contributed by atoms with Crippen molar-refractivity contribution in [3.63, 3.8) is 0 Å². The highest BCUT2D eigenvalue weighted by Crippen LogP contribution is 2.39. The third kappa shape index (κ3) is 3.87. The Morgan fingerprint density at radius 1 is 1.24 bits per heavy atom. The van der Waals surface area contributed by atoms with E-state index in [0.717, 1.165) is 35.6 Å². The van der Waals surface area contributed by atoms with Gasteiger partial charge in [-0.3, -0.25) is 4.79 Å². The summed E-state index contributed by atoms with van der Waals surface area (Å²) in [6.07, 6.45) is 2.84. The summed E-state index contributed by atoms with van der Waals surface area (Å²) in [4.78, 5) is 26.0. The first-order valence-electron chi connectivity index (χ1n) is 9.56. The van der Waals surface area contributed by atoms with E-state index >= 15 is 0 Å². The number of thiophene rings is 1. The van der Waals surface area contributed by atoms with Crippen LogP contribution in [-0.2, 0) is 22.4 Å². The second kappa shape index (κ2) is 8.06. The summed E-state index contributed by atoms with van der Waals surface area (Å²) >= 11 is 1.46. The zero-order valence-corrected chi connectivity index (χ0v) is 16.8. The van der Waals surface area contributed by atoms with E-state index in [1.165, 1.54) is 16.2 Å². The topological polar surface area (TPSA) is 79.2 Å². The Balaban J connectivity index is 1.44. The van der Waals surface area contributed by atoms with E-state index in [2.05, 4.69) is 18.3 Å². The molecule has 1 N–H and O–H groups in total. The highest BCUT2D eigenvalue weighted by molar-refractivity contribution is 7.16. The van der Waals surface area contributed by atoms with Gasteiger partial charge in [-0.2, -0.15) is 5.26 Å². The zero-order valence-electron chi connectivity index (χ0n) is 16.0. The molecule has 6 heteroatoms. The van der Waals surface area contributed by atoms with E-state index in [9.17, 15) is 14.9 Å². The Bertz CT molecular complexity index is 1140. The van der Waals surface area contributed by atoms with Gasteiger partial charge in [-0.1, -0.05) is 43.3 Å². The minimum Gasteiger partial charge on any atom is -0.452 e. The molecule has 1 aliphatic rings. The number of hydrogen-bond acceptors (Lipinski definition) is 5. The summed E-state index contributed by atoms with van der Waals surface area (Å²) in [7, 11) is 0. The van der Waals surface area contributed by atoms with E-state index in [0.29, 0.717) is 22.0 Å². The first kappa shape index (κ1) is 19.2. The third-order valence-electron chi connectivity index (χ3n) is 5.22. The predicted molar refractivity (Wildman–Crippen MR) is 113 cm³/mol. The number of nitriles is 1. The lowest BCUT2D eigenvalue weighted by Gasteiger charge is -2.17. The van der Waals surface area contributed by atoms with Gasteiger partial charge in [0.25, 0.3) is 5.91 Å². The number of fused-ring (bicyclic) bond motifs is 2. The number of anilines is 1. The summed E-state index contributed by atoms with van der Waals surface area (Å²) in [6.45, 7) is 1.80. The molecule has 1 amide bonds. The fourth-order valence-corrected chi connectivity index (χ4v) is 5.11. The minimum absolute atomic E-state index is 0.397. The van der Waals surface area contributed by atoms with Crippen LogP contribution in [0.15, 0.2) is 42.5 Å². The normalized spacial score (nSPS) is 15.4. The molecule has 1 aliphatic carbocycles. The van der Waals surface area contributed by atoms with Crippen molar-refractivity contribution in [1.82, 2.24) is 0 Å². The van der Waals surface area contributed by atoms with Gasteiger partial charge in [0.15, 0.2) is 6.61 Å². The van der Waals surface area contributed by atoms with Crippen LogP contribution >= 0.6 is 11.3 Å². The fourth-order valence-electron chi connectivity index (χ4n) is 3.73. The monoisotopic (exact) mass is 404 g/mol. The number of rotatable bonds is 4. The summed E-state index contributed by atoms with van der Waals surface area (Å²) in [5.41, 5.74) is 2.03. The van der Waals surface area contributed by atoms with E-state index < -0.39 is 18.5 Å². The van der Waals surface area contributed by atoms with Crippen LogP contribution in [0.1, 0.15) is 39.7 Å². The van der Waals surface area contributed by atoms with Crippen molar-refractivity contribution in [3.05, 3.63) is 64.0 Å². The Labute approximate surface area is 172 Å². The molecule has 3 aromatic rings. The summed E-state index contributed by atoms with van der Waals surface area (Å²) < 4.78 is 5.23. The smallest absolute Gasteiger partial charge is 0.339 e. The first-order valence-corrected chi connectivity index (χ1v) is 10.4. The number of ether oxygens (including phenoxy) is 1. The van der Waals surface area contributed by atoms with Crippen LogP contribution < -0.4 is 5.32 Å². The van der Waals surface area contributed by atoms with Gasteiger partial charge in [-0.15, -0.1) is 11.3 Å². The van der Waals surface area contributed by atoms with Crippen LogP contribution in [0.5, 0.6) is 0 Å². The van der Waals surface area contributed by atoms with Crippen molar-refractivity contribution in [2.45, 2.75) is 26.2 Å². The molecule has 146 valence electrons. The number of hydrogen-bond donors (Lipinski definition) is 1. The van der Waals surface area contributed by atoms with E-state index in [1.54, 1.807) is 12.1 Å². The van der Waals surface area contributed by atoms with Gasteiger partial charge < -0.3 is 10.1 Å². The molecule has 0 bridgehead atoms. The number of nitrogens with zero attached hydrogens (tertiary/aromatic N) is 1. The van der Waals surface area contributed by atoms with Crippen LogP contribution in [0.4, 0.5) is 5.00 Å². The molecular formula is C23H20N2O3S. The number of esters is 1. The molecular weight excluding hydrogens is 384 g/mol. The molecule has 0 radical (unpaired) electrons. The van der Waals surface area contributed by atoms with Crippen molar-refractivity contribution >= 4 is 39.0 Å². The maximum atomic E-state index is 12.5. The molecule has 0 spiro atoms. The molecule has 1 aromatic heterocycles. The predicted octanol–water partition coefficient (Wildman–Crippen LogP) is 4.69. The maximum absolute atomic E-state index is 12.5. The summed E-state index contributed by atoms with van der Waals surface area (Å²) in [5.74, 6) is -0.406. The van der Waals surface area contributed by atoms with E-state index in [1.807, 2.05) is 30.3 Å². The highest BCUT2D eigenvalue weighted by atomic mass is 32.1. The molecule has 2 aromatic carbocycles. The average Bonchev–Trinajstić information content (AvgIpc) is 3.07. The molecule has 1 atom stereocenters. The SMILES string of the molecule is C[C@@H]1CCc2c(sc(NC(=O)COC(=O)c3cccc4ccccc34)c2C#N)C1. The lowest BCUT2D eigenvalue weighted by molar-refractivity contribution is -0.119. The van der Waals surface area contributed by atoms with E-state index in [-0.39, 0.29) is 0 Å². The van der Waals surface area contributed by atoms with Gasteiger partial charge in [0.2, 0.25) is 0 Å². The fraction of sp³-hybridized carbons (Fsp3) is 0.261. The number of amides is 1. The van der Waals surface area contributed by atoms with Crippen molar-refractivity contribution < 1.29 is 14.3 Å². The van der Waals surface area contributed by atoms with Gasteiger partial charge in [0.05, 0.1) is 11.1 Å². The molecule has 4 rings (SSSR count). The van der Waals surface area contributed by atoms with Crippen LogP contribution in [0, 0.1) is 17.2 Å². The second-order valence-electron chi connectivity index (χ2n) is 7.32. The lowest BCUT2D eigenvalue weighted by atomic mass is 9.89. The zero-order chi connectivity index (χ0) is 20.4.